The van der Waals surface area contributed by atoms with Crippen molar-refractivity contribution in [3.8, 4) is 0 Å². The third kappa shape index (κ3) is 4.13. The Morgan fingerprint density at radius 1 is 1.27 bits per heavy atom. The Balaban J connectivity index is 1.56. The normalized spacial score (nSPS) is 17.8. The van der Waals surface area contributed by atoms with E-state index in [1.165, 1.54) is 5.56 Å². The molecule has 0 saturated carbocycles. The molecule has 140 valence electrons. The number of sulfonamides is 1. The molecule has 2 aromatic rings. The lowest BCUT2D eigenvalue weighted by molar-refractivity contribution is -0.127. The van der Waals surface area contributed by atoms with Crippen LogP contribution in [0.15, 0.2) is 35.2 Å². The summed E-state index contributed by atoms with van der Waals surface area (Å²) in [5, 5.41) is 6.62. The van der Waals surface area contributed by atoms with Crippen LogP contribution in [0.4, 0.5) is 0 Å². The van der Waals surface area contributed by atoms with E-state index in [4.69, 9.17) is 0 Å². The third-order valence-corrected chi connectivity index (χ3v) is 6.38. The van der Waals surface area contributed by atoms with Gasteiger partial charge >= 0.3 is 0 Å². The van der Waals surface area contributed by atoms with E-state index in [0.717, 1.165) is 12.8 Å². The van der Waals surface area contributed by atoms with Crippen LogP contribution in [-0.4, -0.2) is 48.6 Å². The molecule has 0 bridgehead atoms. The molecule has 1 aliphatic rings. The van der Waals surface area contributed by atoms with Gasteiger partial charge in [0.2, 0.25) is 15.9 Å². The van der Waals surface area contributed by atoms with Crippen molar-refractivity contribution in [3.63, 3.8) is 0 Å². The number of H-pyrrole nitrogens is 1. The Morgan fingerprint density at radius 3 is 2.65 bits per heavy atom. The number of hydrogen-bond acceptors (Lipinski definition) is 4. The number of likely N-dealkylation sites (tertiary alicyclic amines) is 1. The first kappa shape index (κ1) is 18.6. The van der Waals surface area contributed by atoms with E-state index in [2.05, 4.69) is 27.1 Å². The second-order valence-corrected chi connectivity index (χ2v) is 8.37. The first-order chi connectivity index (χ1) is 12.4. The van der Waals surface area contributed by atoms with Crippen molar-refractivity contribution in [2.24, 2.45) is 0 Å². The predicted molar refractivity (Wildman–Crippen MR) is 98.1 cm³/mol. The fourth-order valence-electron chi connectivity index (χ4n) is 3.40. The van der Waals surface area contributed by atoms with E-state index in [1.807, 2.05) is 18.2 Å². The van der Waals surface area contributed by atoms with Crippen LogP contribution < -0.4 is 4.72 Å². The minimum atomic E-state index is -3.69. The van der Waals surface area contributed by atoms with E-state index < -0.39 is 16.1 Å². The zero-order valence-corrected chi connectivity index (χ0v) is 15.8. The van der Waals surface area contributed by atoms with Gasteiger partial charge < -0.3 is 4.90 Å². The summed E-state index contributed by atoms with van der Waals surface area (Å²) in [4.78, 5) is 14.1. The summed E-state index contributed by atoms with van der Waals surface area (Å²) in [6.07, 6.45) is 1.95. The highest BCUT2D eigenvalue weighted by Crippen LogP contribution is 2.20. The molecule has 0 radical (unpaired) electrons. The lowest BCUT2D eigenvalue weighted by Crippen LogP contribution is -2.37. The molecule has 1 unspecified atom stereocenters. The summed E-state index contributed by atoms with van der Waals surface area (Å²) < 4.78 is 27.9. The number of carbonyl (C=O) groups excluding carboxylic acids is 1. The lowest BCUT2D eigenvalue weighted by atomic mass is 10.1. The highest BCUT2D eigenvalue weighted by atomic mass is 32.2. The molecule has 26 heavy (non-hydrogen) atoms. The molecule has 8 heteroatoms. The molecule has 1 aromatic heterocycles. The van der Waals surface area contributed by atoms with Gasteiger partial charge in [-0.15, -0.1) is 0 Å². The monoisotopic (exact) mass is 376 g/mol. The van der Waals surface area contributed by atoms with E-state index in [-0.39, 0.29) is 17.2 Å². The average Bonchev–Trinajstić information content (AvgIpc) is 3.10. The number of rotatable bonds is 7. The van der Waals surface area contributed by atoms with Gasteiger partial charge in [-0.1, -0.05) is 30.3 Å². The fraction of sp³-hybridized carbons (Fsp3) is 0.444. The fourth-order valence-corrected chi connectivity index (χ4v) is 5.00. The Labute approximate surface area is 153 Å². The predicted octanol–water partition coefficient (Wildman–Crippen LogP) is 1.54. The quantitative estimate of drug-likeness (QED) is 0.766. The summed E-state index contributed by atoms with van der Waals surface area (Å²) in [6, 6.07) is 9.71. The number of nitrogens with one attached hydrogen (secondary N) is 2. The average molecular weight is 376 g/mol. The van der Waals surface area contributed by atoms with Crippen LogP contribution in [0.2, 0.25) is 0 Å². The van der Waals surface area contributed by atoms with Gasteiger partial charge in [-0.3, -0.25) is 9.89 Å². The molecule has 1 aromatic carbocycles. The number of aromatic amines is 1. The molecule has 1 aliphatic heterocycles. The maximum Gasteiger partial charge on any atom is 0.244 e. The van der Waals surface area contributed by atoms with Crippen molar-refractivity contribution in [1.82, 2.24) is 19.8 Å². The highest BCUT2D eigenvalue weighted by Gasteiger charge is 2.33. The summed E-state index contributed by atoms with van der Waals surface area (Å²) >= 11 is 0. The molecule has 3 rings (SSSR count). The van der Waals surface area contributed by atoms with E-state index in [9.17, 15) is 13.2 Å². The summed E-state index contributed by atoms with van der Waals surface area (Å²) in [6.45, 7) is 4.36. The first-order valence-electron chi connectivity index (χ1n) is 8.72. The van der Waals surface area contributed by atoms with Gasteiger partial charge in [-0.25, -0.2) is 13.1 Å². The molecule has 0 aliphatic carbocycles. The van der Waals surface area contributed by atoms with E-state index in [1.54, 1.807) is 18.7 Å². The molecule has 1 atom stereocenters. The topological polar surface area (TPSA) is 95.2 Å². The number of nitrogens with zero attached hydrogens (tertiary/aromatic N) is 2. The first-order valence-corrected chi connectivity index (χ1v) is 10.2. The summed E-state index contributed by atoms with van der Waals surface area (Å²) in [5.74, 6) is -0.00796. The van der Waals surface area contributed by atoms with Crippen LogP contribution in [0.5, 0.6) is 0 Å². The minimum Gasteiger partial charge on any atom is -0.341 e. The minimum absolute atomic E-state index is 0.00796. The molecule has 2 heterocycles. The van der Waals surface area contributed by atoms with Gasteiger partial charge in [-0.05, 0) is 32.3 Å². The molecule has 7 nitrogen and oxygen atoms in total. The van der Waals surface area contributed by atoms with E-state index in [0.29, 0.717) is 24.5 Å². The summed E-state index contributed by atoms with van der Waals surface area (Å²) in [7, 11) is -3.69. The van der Waals surface area contributed by atoms with Crippen molar-refractivity contribution in [2.45, 2.75) is 44.0 Å². The lowest BCUT2D eigenvalue weighted by Gasteiger charge is -2.17. The van der Waals surface area contributed by atoms with Gasteiger partial charge in [0.25, 0.3) is 0 Å². The maximum atomic E-state index is 12.6. The molecule has 0 spiro atoms. The molecular weight excluding hydrogens is 352 g/mol. The van der Waals surface area contributed by atoms with Crippen LogP contribution >= 0.6 is 0 Å². The molecular formula is C18H24N4O3S. The van der Waals surface area contributed by atoms with Crippen molar-refractivity contribution >= 4 is 15.9 Å². The summed E-state index contributed by atoms with van der Waals surface area (Å²) in [5.41, 5.74) is 2.17. The number of aryl methyl sites for hydroxylation is 3. The zero-order chi connectivity index (χ0) is 18.7. The van der Waals surface area contributed by atoms with Gasteiger partial charge in [-0.2, -0.15) is 5.10 Å². The standard InChI is InChI=1S/C18H24N4O3S/c1-13-18(14(2)20-19-13)26(24,25)21-16-11-17(23)22(12-16)10-6-9-15-7-4-3-5-8-15/h3-5,7-8,16,21H,6,9-12H2,1-2H3,(H,19,20). The largest absolute Gasteiger partial charge is 0.341 e. The van der Waals surface area contributed by atoms with Crippen LogP contribution in [-0.2, 0) is 21.2 Å². The third-order valence-electron chi connectivity index (χ3n) is 4.60. The molecule has 1 amide bonds. The van der Waals surface area contributed by atoms with E-state index >= 15 is 0 Å². The smallest absolute Gasteiger partial charge is 0.244 e. The van der Waals surface area contributed by atoms with Crippen molar-refractivity contribution in [2.75, 3.05) is 13.1 Å². The Kier molecular flexibility index (Phi) is 5.43. The van der Waals surface area contributed by atoms with Gasteiger partial charge in [0, 0.05) is 25.6 Å². The van der Waals surface area contributed by atoms with Crippen LogP contribution in [0.3, 0.4) is 0 Å². The number of aromatic nitrogens is 2. The van der Waals surface area contributed by atoms with Crippen LogP contribution in [0.25, 0.3) is 0 Å². The zero-order valence-electron chi connectivity index (χ0n) is 15.0. The maximum absolute atomic E-state index is 12.6. The van der Waals surface area contributed by atoms with Gasteiger partial charge in [0.15, 0.2) is 0 Å². The van der Waals surface area contributed by atoms with Crippen molar-refractivity contribution < 1.29 is 13.2 Å². The van der Waals surface area contributed by atoms with Crippen LogP contribution in [0.1, 0.15) is 29.8 Å². The number of carbonyl (C=O) groups is 1. The second kappa shape index (κ2) is 7.59. The molecule has 1 fully saturated rings. The van der Waals surface area contributed by atoms with Crippen molar-refractivity contribution in [1.29, 1.82) is 0 Å². The Hall–Kier alpha value is -2.19. The van der Waals surface area contributed by atoms with Gasteiger partial charge in [0.1, 0.15) is 4.90 Å². The number of hydrogen-bond donors (Lipinski definition) is 2. The van der Waals surface area contributed by atoms with Crippen molar-refractivity contribution in [3.05, 3.63) is 47.3 Å². The molecule has 2 N–H and O–H groups in total. The second-order valence-electron chi connectivity index (χ2n) is 6.71. The number of benzene rings is 1. The van der Waals surface area contributed by atoms with Crippen LogP contribution in [0, 0.1) is 13.8 Å². The highest BCUT2D eigenvalue weighted by molar-refractivity contribution is 7.89. The number of amides is 1. The molecule has 1 saturated heterocycles. The van der Waals surface area contributed by atoms with Gasteiger partial charge in [0.05, 0.1) is 11.4 Å². The SMILES string of the molecule is Cc1n[nH]c(C)c1S(=O)(=O)NC1CC(=O)N(CCCc2ccccc2)C1. The Morgan fingerprint density at radius 2 is 2.00 bits per heavy atom. The Bertz CT molecular complexity index is 858.